The topological polar surface area (TPSA) is 34.1 Å². The Morgan fingerprint density at radius 3 is 2.44 bits per heavy atom. The predicted molar refractivity (Wildman–Crippen MR) is 66.8 cm³/mol. The average Bonchev–Trinajstić information content (AvgIpc) is 2.28. The molecule has 0 aliphatic carbocycles. The first kappa shape index (κ1) is 11.6. The lowest BCUT2D eigenvalue weighted by atomic mass is 10.0. The largest absolute Gasteiger partial charge is 0.318 e. The van der Waals surface area contributed by atoms with Gasteiger partial charge < -0.3 is 4.57 Å². The maximum Gasteiger partial charge on any atom is 0.136 e. The fraction of sp³-hybridized carbons (Fsp3) is 0.462. The highest BCUT2D eigenvalue weighted by atomic mass is 31.2. The van der Waals surface area contributed by atoms with Crippen LogP contribution in [0.1, 0.15) is 20.3 Å². The predicted octanol–water partition coefficient (Wildman–Crippen LogP) is 2.67. The van der Waals surface area contributed by atoms with E-state index < -0.39 is 7.14 Å². The van der Waals surface area contributed by atoms with Crippen molar-refractivity contribution in [3.05, 3.63) is 30.3 Å². The summed E-state index contributed by atoms with van der Waals surface area (Å²) in [6, 6.07) is 9.63. The van der Waals surface area contributed by atoms with Crippen LogP contribution in [0.15, 0.2) is 30.3 Å². The third-order valence-corrected chi connectivity index (χ3v) is 7.37. The zero-order chi connectivity index (χ0) is 11.8. The van der Waals surface area contributed by atoms with E-state index in [1.165, 1.54) is 0 Å². The van der Waals surface area contributed by atoms with Crippen LogP contribution in [0.3, 0.4) is 0 Å². The van der Waals surface area contributed by atoms with Gasteiger partial charge in [-0.05, 0) is 0 Å². The van der Waals surface area contributed by atoms with Crippen molar-refractivity contribution in [3.8, 4) is 0 Å². The molecule has 0 N–H and O–H groups in total. The van der Waals surface area contributed by atoms with Gasteiger partial charge in [-0.1, -0.05) is 44.2 Å². The summed E-state index contributed by atoms with van der Waals surface area (Å²) in [4.78, 5) is 11.6. The summed E-state index contributed by atoms with van der Waals surface area (Å²) in [6.07, 6.45) is 1.00. The van der Waals surface area contributed by atoms with Crippen LogP contribution < -0.4 is 5.30 Å². The Hall–Kier alpha value is -0.880. The van der Waals surface area contributed by atoms with Gasteiger partial charge in [-0.2, -0.15) is 0 Å². The van der Waals surface area contributed by atoms with E-state index in [2.05, 4.69) is 0 Å². The molecule has 0 saturated carbocycles. The van der Waals surface area contributed by atoms with Crippen LogP contribution >= 0.6 is 7.14 Å². The molecular weight excluding hydrogens is 219 g/mol. The van der Waals surface area contributed by atoms with Gasteiger partial charge in [-0.15, -0.1) is 0 Å². The highest BCUT2D eigenvalue weighted by Crippen LogP contribution is 2.55. The van der Waals surface area contributed by atoms with Crippen molar-refractivity contribution >= 4 is 18.2 Å². The SMILES string of the molecule is C[C@@H]1C[P@](=O)(c2ccccc2)[C@H](C)CC1=O. The maximum absolute atomic E-state index is 13.0. The molecule has 2 nitrogen and oxygen atoms in total. The molecule has 1 fully saturated rings. The monoisotopic (exact) mass is 236 g/mol. The Morgan fingerprint density at radius 1 is 1.19 bits per heavy atom. The average molecular weight is 236 g/mol. The number of hydrogen-bond acceptors (Lipinski definition) is 2. The van der Waals surface area contributed by atoms with Crippen LogP contribution in [0.5, 0.6) is 0 Å². The molecule has 1 saturated heterocycles. The number of ketones is 1. The number of hydrogen-bond donors (Lipinski definition) is 0. The summed E-state index contributed by atoms with van der Waals surface area (Å²) in [6.45, 7) is 3.83. The number of Topliss-reactive ketones (excluding diaryl/α,β-unsaturated/α-hetero) is 1. The van der Waals surface area contributed by atoms with Gasteiger partial charge in [0.05, 0.1) is 0 Å². The van der Waals surface area contributed by atoms with E-state index in [1.807, 2.05) is 44.2 Å². The van der Waals surface area contributed by atoms with Crippen LogP contribution in [-0.4, -0.2) is 17.6 Å². The molecular formula is C13H17O2P. The third-order valence-electron chi connectivity index (χ3n) is 3.50. The van der Waals surface area contributed by atoms with E-state index >= 15 is 0 Å². The molecule has 0 aromatic heterocycles. The lowest BCUT2D eigenvalue weighted by Crippen LogP contribution is -2.32. The number of rotatable bonds is 1. The summed E-state index contributed by atoms with van der Waals surface area (Å²) in [5.74, 6) is 0.206. The second-order valence-corrected chi connectivity index (χ2v) is 8.09. The van der Waals surface area contributed by atoms with Crippen molar-refractivity contribution < 1.29 is 9.36 Å². The summed E-state index contributed by atoms with van der Waals surface area (Å²) in [5.41, 5.74) is -0.00130. The van der Waals surface area contributed by atoms with Crippen molar-refractivity contribution in [1.82, 2.24) is 0 Å². The first-order valence-electron chi connectivity index (χ1n) is 5.71. The molecule has 2 rings (SSSR count). The van der Waals surface area contributed by atoms with Crippen LogP contribution in [0.2, 0.25) is 0 Å². The van der Waals surface area contributed by atoms with Crippen LogP contribution in [0.25, 0.3) is 0 Å². The van der Waals surface area contributed by atoms with E-state index in [4.69, 9.17) is 0 Å². The molecule has 0 spiro atoms. The number of carbonyl (C=O) groups is 1. The van der Waals surface area contributed by atoms with Crippen molar-refractivity contribution in [2.24, 2.45) is 5.92 Å². The molecule has 0 unspecified atom stereocenters. The zero-order valence-corrected chi connectivity index (χ0v) is 10.6. The third kappa shape index (κ3) is 1.87. The molecule has 3 atom stereocenters. The first-order valence-corrected chi connectivity index (χ1v) is 7.67. The van der Waals surface area contributed by atoms with Gasteiger partial charge in [0.25, 0.3) is 0 Å². The lowest BCUT2D eigenvalue weighted by Gasteiger charge is -2.32. The van der Waals surface area contributed by atoms with Gasteiger partial charge in [0, 0.05) is 29.5 Å². The lowest BCUT2D eigenvalue weighted by molar-refractivity contribution is -0.122. The minimum Gasteiger partial charge on any atom is -0.318 e. The fourth-order valence-electron chi connectivity index (χ4n) is 2.37. The summed E-state index contributed by atoms with van der Waals surface area (Å²) >= 11 is 0. The molecule has 1 aromatic carbocycles. The summed E-state index contributed by atoms with van der Waals surface area (Å²) in [5, 5.41) is 0.932. The number of carbonyl (C=O) groups excluding carboxylic acids is 1. The number of benzene rings is 1. The minimum absolute atomic E-state index is 0.00130. The van der Waals surface area contributed by atoms with Crippen LogP contribution in [0.4, 0.5) is 0 Å². The Bertz CT molecular complexity index is 439. The normalized spacial score (nSPS) is 35.0. The molecule has 1 aliphatic heterocycles. The Kier molecular flexibility index (Phi) is 3.03. The van der Waals surface area contributed by atoms with E-state index in [1.54, 1.807) is 0 Å². The molecule has 1 aromatic rings. The van der Waals surface area contributed by atoms with Crippen molar-refractivity contribution in [2.75, 3.05) is 6.16 Å². The fourth-order valence-corrected chi connectivity index (χ4v) is 5.62. The molecule has 0 bridgehead atoms. The Balaban J connectivity index is 2.38. The Morgan fingerprint density at radius 2 is 1.81 bits per heavy atom. The molecule has 3 heteroatoms. The van der Waals surface area contributed by atoms with E-state index in [-0.39, 0.29) is 17.4 Å². The minimum atomic E-state index is -2.37. The Labute approximate surface area is 96.4 Å². The summed E-state index contributed by atoms with van der Waals surface area (Å²) < 4.78 is 13.0. The van der Waals surface area contributed by atoms with Crippen molar-refractivity contribution in [2.45, 2.75) is 25.9 Å². The molecule has 16 heavy (non-hydrogen) atoms. The first-order chi connectivity index (χ1) is 7.54. The highest BCUT2D eigenvalue weighted by Gasteiger charge is 2.40. The zero-order valence-electron chi connectivity index (χ0n) is 9.72. The summed E-state index contributed by atoms with van der Waals surface area (Å²) in [7, 11) is -2.37. The maximum atomic E-state index is 13.0. The van der Waals surface area contributed by atoms with Gasteiger partial charge in [0.2, 0.25) is 0 Å². The second kappa shape index (κ2) is 4.18. The standard InChI is InChI=1S/C13H17O2P/c1-10-9-16(15,11(2)8-13(10)14)12-6-4-3-5-7-12/h3-7,10-11H,8-9H2,1-2H3/t10-,11-,16-/m1/s1. The van der Waals surface area contributed by atoms with E-state index in [9.17, 15) is 9.36 Å². The van der Waals surface area contributed by atoms with E-state index in [0.29, 0.717) is 12.6 Å². The van der Waals surface area contributed by atoms with Gasteiger partial charge in [-0.3, -0.25) is 4.79 Å². The van der Waals surface area contributed by atoms with E-state index in [0.717, 1.165) is 5.30 Å². The van der Waals surface area contributed by atoms with Gasteiger partial charge in [0.1, 0.15) is 12.9 Å². The molecule has 1 aliphatic rings. The van der Waals surface area contributed by atoms with Gasteiger partial charge in [-0.25, -0.2) is 0 Å². The molecule has 0 radical (unpaired) electrons. The van der Waals surface area contributed by atoms with Gasteiger partial charge >= 0.3 is 0 Å². The highest BCUT2D eigenvalue weighted by molar-refractivity contribution is 7.72. The molecule has 1 heterocycles. The second-order valence-electron chi connectivity index (χ2n) is 4.73. The molecule has 0 amide bonds. The quantitative estimate of drug-likeness (QED) is 0.702. The van der Waals surface area contributed by atoms with Crippen molar-refractivity contribution in [1.29, 1.82) is 0 Å². The smallest absolute Gasteiger partial charge is 0.136 e. The van der Waals surface area contributed by atoms with Crippen LogP contribution in [0, 0.1) is 5.92 Å². The van der Waals surface area contributed by atoms with Crippen LogP contribution in [-0.2, 0) is 9.36 Å². The van der Waals surface area contributed by atoms with Gasteiger partial charge in [0.15, 0.2) is 0 Å². The van der Waals surface area contributed by atoms with Crippen molar-refractivity contribution in [3.63, 3.8) is 0 Å². The molecule has 86 valence electrons.